The molecule has 0 aromatic heterocycles. The normalized spacial score (nSPS) is 19.7. The lowest BCUT2D eigenvalue weighted by atomic mass is 9.89. The molecule has 0 fully saturated rings. The van der Waals surface area contributed by atoms with Crippen LogP contribution in [0, 0.1) is 0 Å². The number of hydrogen-bond acceptors (Lipinski definition) is 7. The van der Waals surface area contributed by atoms with Crippen molar-refractivity contribution < 1.29 is 54.5 Å². The van der Waals surface area contributed by atoms with Gasteiger partial charge in [-0.3, -0.25) is 9.91 Å². The van der Waals surface area contributed by atoms with E-state index in [1.165, 1.54) is 0 Å². The van der Waals surface area contributed by atoms with E-state index in [1.54, 1.807) is 6.92 Å². The zero-order valence-corrected chi connectivity index (χ0v) is 22.1. The number of nitrogens with zero attached hydrogens (tertiary/aromatic N) is 4. The van der Waals surface area contributed by atoms with Crippen LogP contribution in [0.25, 0.3) is 0 Å². The molecule has 9 nitrogen and oxygen atoms in total. The van der Waals surface area contributed by atoms with E-state index in [0.717, 1.165) is 33.2 Å². The van der Waals surface area contributed by atoms with Gasteiger partial charge in [0.05, 0.1) is 48.1 Å². The van der Waals surface area contributed by atoms with Gasteiger partial charge in [0, 0.05) is 6.04 Å². The van der Waals surface area contributed by atoms with E-state index in [2.05, 4.69) is 16.0 Å². The third-order valence-corrected chi connectivity index (χ3v) is 6.94. The number of nitrogens with one attached hydrogen (secondary N) is 2. The molecule has 4 rings (SSSR count). The first-order valence-corrected chi connectivity index (χ1v) is 12.7. The molecule has 0 aliphatic carbocycles. The van der Waals surface area contributed by atoms with Crippen molar-refractivity contribution in [1.29, 1.82) is 0 Å². The molecule has 2 aliphatic heterocycles. The van der Waals surface area contributed by atoms with Crippen LogP contribution in [0.3, 0.4) is 0 Å². The maximum absolute atomic E-state index is 13.6. The van der Waals surface area contributed by atoms with Crippen LogP contribution < -0.4 is 15.8 Å². The largest absolute Gasteiger partial charge is 0.465 e. The molecule has 0 saturated carbocycles. The number of aliphatic hydroxyl groups is 1. The van der Waals surface area contributed by atoms with E-state index in [4.69, 9.17) is 0 Å². The van der Waals surface area contributed by atoms with Gasteiger partial charge in [-0.05, 0) is 60.4 Å². The summed E-state index contributed by atoms with van der Waals surface area (Å²) in [6, 6.07) is 1.83. The number of anilines is 1. The molecule has 2 atom stereocenters. The SMILES string of the molecule is CC[C@@H]1C[C@H](NC2=NNN(CCO)N2Cc2cc(C(F)(F)F)cc(C(F)(F)F)c2)c2cc(C(F)(F)F)ccc2N1C(=O)O. The van der Waals surface area contributed by atoms with Gasteiger partial charge in [0.15, 0.2) is 0 Å². The number of benzene rings is 2. The number of hydrazone groups is 1. The number of carbonyl (C=O) groups is 1. The predicted molar refractivity (Wildman–Crippen MR) is 133 cm³/mol. The van der Waals surface area contributed by atoms with Crippen LogP contribution in [0.2, 0.25) is 0 Å². The number of aliphatic hydroxyl groups excluding tert-OH is 1. The topological polar surface area (TPSA) is 104 Å². The van der Waals surface area contributed by atoms with E-state index in [0.29, 0.717) is 12.1 Å². The number of guanidine groups is 1. The van der Waals surface area contributed by atoms with Gasteiger partial charge in [-0.2, -0.15) is 39.5 Å². The van der Waals surface area contributed by atoms with Gasteiger partial charge >= 0.3 is 24.6 Å². The Morgan fingerprint density at radius 3 is 2.09 bits per heavy atom. The molecular formula is C25H25F9N6O3. The molecule has 0 radical (unpaired) electrons. The monoisotopic (exact) mass is 628 g/mol. The summed E-state index contributed by atoms with van der Waals surface area (Å²) < 4.78 is 121. The van der Waals surface area contributed by atoms with Crippen molar-refractivity contribution in [3.8, 4) is 0 Å². The molecule has 18 heteroatoms. The maximum atomic E-state index is 13.6. The number of hydrogen-bond donors (Lipinski definition) is 4. The highest BCUT2D eigenvalue weighted by Crippen LogP contribution is 2.42. The fraction of sp³-hybridized carbons (Fsp3) is 0.440. The molecule has 43 heavy (non-hydrogen) atoms. The number of β-amino-alcohol motifs (C(OH)–C–C–N with tert-alkyl or cyclic N) is 1. The van der Waals surface area contributed by atoms with Gasteiger partial charge in [0.2, 0.25) is 5.96 Å². The number of hydrazine groups is 2. The Labute approximate surface area is 238 Å². The number of alkyl halides is 9. The average molecular weight is 628 g/mol. The highest BCUT2D eigenvalue weighted by Gasteiger charge is 2.41. The number of amides is 1. The Morgan fingerprint density at radius 2 is 1.58 bits per heavy atom. The third kappa shape index (κ3) is 6.84. The second-order valence-electron chi connectivity index (χ2n) is 9.77. The van der Waals surface area contributed by atoms with Crippen molar-refractivity contribution in [3.05, 3.63) is 64.2 Å². The Bertz CT molecular complexity index is 1350. The molecule has 2 aromatic carbocycles. The van der Waals surface area contributed by atoms with Crippen LogP contribution >= 0.6 is 0 Å². The zero-order chi connectivity index (χ0) is 31.9. The summed E-state index contributed by atoms with van der Waals surface area (Å²) in [5, 5.41) is 28.3. The van der Waals surface area contributed by atoms with Gasteiger partial charge in [-0.1, -0.05) is 6.92 Å². The summed E-state index contributed by atoms with van der Waals surface area (Å²) in [5.41, 5.74) is -2.23. The summed E-state index contributed by atoms with van der Waals surface area (Å²) in [6.45, 7) is 0.286. The lowest BCUT2D eigenvalue weighted by Gasteiger charge is -2.40. The molecule has 0 unspecified atom stereocenters. The molecule has 0 spiro atoms. The second kappa shape index (κ2) is 11.6. The van der Waals surface area contributed by atoms with Gasteiger partial charge in [0.1, 0.15) is 0 Å². The molecule has 1 amide bonds. The van der Waals surface area contributed by atoms with E-state index in [1.807, 2.05) is 0 Å². The average Bonchev–Trinajstić information content (AvgIpc) is 3.26. The third-order valence-electron chi connectivity index (χ3n) is 6.94. The van der Waals surface area contributed by atoms with Gasteiger partial charge in [0.25, 0.3) is 0 Å². The minimum absolute atomic E-state index is 0.0270. The first kappa shape index (κ1) is 32.0. The quantitative estimate of drug-likeness (QED) is 0.312. The fourth-order valence-corrected chi connectivity index (χ4v) is 4.98. The molecule has 2 heterocycles. The minimum atomic E-state index is -5.10. The van der Waals surface area contributed by atoms with Gasteiger partial charge in [-0.25, -0.2) is 10.3 Å². The smallest absolute Gasteiger partial charge is 0.416 e. The summed E-state index contributed by atoms with van der Waals surface area (Å²) in [4.78, 5) is 13.0. The molecular weight excluding hydrogens is 603 g/mol. The van der Waals surface area contributed by atoms with Crippen LogP contribution in [0.5, 0.6) is 0 Å². The van der Waals surface area contributed by atoms with Crippen LogP contribution in [0.4, 0.5) is 50.0 Å². The minimum Gasteiger partial charge on any atom is -0.465 e. The predicted octanol–water partition coefficient (Wildman–Crippen LogP) is 5.54. The standard InChI is InChI=1S/C25H25F9N6O3/c1-2-17-11-19(18-10-14(23(26,27)28)3-4-20(18)40(17)22(42)43)35-21-36-37-39(5-6-41)38(21)12-13-7-15(24(29,30)31)9-16(8-13)25(32,33)34/h3-4,7-10,17,19,37,41H,2,5-6,11-12H2,1H3,(H,35,36)(H,42,43)/t17-,19+/m1/s1. The van der Waals surface area contributed by atoms with Crippen LogP contribution in [0.15, 0.2) is 41.5 Å². The number of rotatable bonds is 6. The van der Waals surface area contributed by atoms with Crippen molar-refractivity contribution in [3.63, 3.8) is 0 Å². The Hall–Kier alpha value is -3.93. The maximum Gasteiger partial charge on any atom is 0.416 e. The highest BCUT2D eigenvalue weighted by molar-refractivity contribution is 5.89. The second-order valence-corrected chi connectivity index (χ2v) is 9.77. The van der Waals surface area contributed by atoms with Crippen LogP contribution in [0.1, 0.15) is 53.6 Å². The summed E-state index contributed by atoms with van der Waals surface area (Å²) in [6.07, 6.45) is -16.2. The molecule has 2 aliphatic rings. The van der Waals surface area contributed by atoms with Crippen LogP contribution in [-0.4, -0.2) is 51.6 Å². The zero-order valence-electron chi connectivity index (χ0n) is 22.1. The van der Waals surface area contributed by atoms with Crippen molar-refractivity contribution in [2.75, 3.05) is 18.1 Å². The first-order valence-electron chi connectivity index (χ1n) is 12.7. The van der Waals surface area contributed by atoms with Gasteiger partial charge < -0.3 is 15.5 Å². The van der Waals surface area contributed by atoms with Crippen molar-refractivity contribution in [2.45, 2.75) is 56.9 Å². The molecule has 0 saturated heterocycles. The van der Waals surface area contributed by atoms with Crippen LogP contribution in [-0.2, 0) is 25.1 Å². The van der Waals surface area contributed by atoms with Gasteiger partial charge in [-0.15, -0.1) is 10.2 Å². The molecule has 4 N–H and O–H groups in total. The summed E-state index contributed by atoms with van der Waals surface area (Å²) in [5.74, 6) is -0.202. The Balaban J connectivity index is 1.73. The number of carboxylic acid groups (broad SMARTS) is 1. The summed E-state index contributed by atoms with van der Waals surface area (Å²) in [7, 11) is 0. The van der Waals surface area contributed by atoms with E-state index >= 15 is 0 Å². The van der Waals surface area contributed by atoms with E-state index in [9.17, 15) is 54.5 Å². The lowest BCUT2D eigenvalue weighted by Crippen LogP contribution is -2.52. The Morgan fingerprint density at radius 1 is 0.977 bits per heavy atom. The lowest BCUT2D eigenvalue weighted by molar-refractivity contribution is -0.143. The summed E-state index contributed by atoms with van der Waals surface area (Å²) >= 11 is 0. The van der Waals surface area contributed by atoms with Crippen molar-refractivity contribution in [2.24, 2.45) is 5.10 Å². The fourth-order valence-electron chi connectivity index (χ4n) is 4.98. The van der Waals surface area contributed by atoms with Crippen molar-refractivity contribution >= 4 is 17.7 Å². The van der Waals surface area contributed by atoms with E-state index in [-0.39, 0.29) is 42.7 Å². The Kier molecular flexibility index (Phi) is 8.65. The van der Waals surface area contributed by atoms with E-state index < -0.39 is 72.1 Å². The first-order chi connectivity index (χ1) is 19.9. The highest BCUT2D eigenvalue weighted by atomic mass is 19.4. The number of fused-ring (bicyclic) bond motifs is 1. The van der Waals surface area contributed by atoms with Crippen molar-refractivity contribution in [1.82, 2.24) is 21.0 Å². The molecule has 236 valence electrons. The number of halogens is 9. The molecule has 2 aromatic rings. The molecule has 0 bridgehead atoms.